The highest BCUT2D eigenvalue weighted by Crippen LogP contribution is 2.41. The van der Waals surface area contributed by atoms with E-state index in [1.165, 1.54) is 4.90 Å². The summed E-state index contributed by atoms with van der Waals surface area (Å²) in [5.74, 6) is 6.56. The van der Waals surface area contributed by atoms with Crippen molar-refractivity contribution in [2.75, 3.05) is 41.8 Å². The molecule has 4 aliphatic rings. The Hall–Kier alpha value is -7.23. The van der Waals surface area contributed by atoms with Gasteiger partial charge in [0.2, 0.25) is 17.7 Å². The summed E-state index contributed by atoms with van der Waals surface area (Å²) in [6.07, 6.45) is 4.73. The van der Waals surface area contributed by atoms with Gasteiger partial charge in [0, 0.05) is 73.6 Å². The Morgan fingerprint density at radius 3 is 2.46 bits per heavy atom. The number of rotatable bonds is 14. The first-order valence-electron chi connectivity index (χ1n) is 24.3. The molecule has 6 atom stereocenters. The van der Waals surface area contributed by atoms with Crippen molar-refractivity contribution in [3.63, 3.8) is 0 Å². The Bertz CT molecular complexity index is 2930. The Balaban J connectivity index is 0.692. The number of nitrogen functional groups attached to an aromatic ring is 1. The number of phenols is 1. The number of aliphatic hydroxyl groups is 1. The van der Waals surface area contributed by atoms with E-state index in [0.29, 0.717) is 28.7 Å². The number of carbonyl (C=O) groups excluding carboxylic acids is 2. The van der Waals surface area contributed by atoms with Gasteiger partial charge < -0.3 is 50.0 Å². The van der Waals surface area contributed by atoms with Crippen LogP contribution in [0.2, 0.25) is 0 Å². The van der Waals surface area contributed by atoms with E-state index in [-0.39, 0.29) is 79.1 Å². The van der Waals surface area contributed by atoms with E-state index < -0.39 is 18.1 Å². The summed E-state index contributed by atoms with van der Waals surface area (Å²) in [5.41, 5.74) is 14.3. The van der Waals surface area contributed by atoms with Crippen LogP contribution in [0.25, 0.3) is 21.7 Å². The molecule has 3 saturated heterocycles. The number of phenolic OH excluding ortho intramolecular Hbond substituents is 1. The standard InChI is InChI=1S/C53H58N10O7S/c1-30(2)49(53(67)62-28-39(64)23-44(62)52(66)57-31(3)34-11-13-35(14-12-34)50-32(4)56-29-71-50)46-25-48(60-70-46)68-19-7-8-33-20-40(21-33)69-47-22-36(17-18-55-47)63-37-15-16-38(63)27-61(26-37)43-24-42(58-59-51(43)54)41-9-5-6-10-45(41)65/h5-6,9-14,17-18,22,24-25,29-31,33,37-40,44,49,64-65H,15-16,19-21,23,26-28H2,1-4H3,(H2,54,59)(H,57,66)/t31-,33?,37-,38?,39+,40?,44-,49+/m0/s1. The maximum absolute atomic E-state index is 14.2. The van der Waals surface area contributed by atoms with Crippen LogP contribution in [0.1, 0.15) is 81.9 Å². The molecule has 0 spiro atoms. The topological polar surface area (TPSA) is 218 Å². The molecule has 7 heterocycles. The van der Waals surface area contributed by atoms with Crippen molar-refractivity contribution in [3.8, 4) is 51.0 Å². The van der Waals surface area contributed by atoms with Crippen molar-refractivity contribution < 1.29 is 33.8 Å². The molecule has 6 aromatic rings. The number of ether oxygens (including phenoxy) is 2. The number of likely N-dealkylation sites (tertiary alicyclic amines) is 1. The molecule has 2 aromatic carbocycles. The SMILES string of the molecule is Cc1ncsc1-c1ccc([C@H](C)NC(=O)[C@@H]2C[C@@H](O)CN2C(=O)[C@@H](c2cc(OCC#CC3CC(Oc4cc(N5C6CC[C@H]5CN(c5cc(-c7ccccc7O)nnc5N)C6)ccn4)C3)no2)C(C)C)cc1. The summed E-state index contributed by atoms with van der Waals surface area (Å²) >= 11 is 1.59. The van der Waals surface area contributed by atoms with Gasteiger partial charge in [0.15, 0.2) is 18.2 Å². The Labute approximate surface area is 416 Å². The minimum absolute atomic E-state index is 0.00189. The van der Waals surface area contributed by atoms with Crippen LogP contribution in [-0.2, 0) is 9.59 Å². The van der Waals surface area contributed by atoms with Crippen LogP contribution in [-0.4, -0.2) is 109 Å². The lowest BCUT2D eigenvalue weighted by Gasteiger charge is -2.43. The fourth-order valence-corrected chi connectivity index (χ4v) is 11.3. The second-order valence-corrected chi connectivity index (χ2v) is 20.2. The van der Waals surface area contributed by atoms with Crippen LogP contribution in [0.15, 0.2) is 89.0 Å². The summed E-state index contributed by atoms with van der Waals surface area (Å²) < 4.78 is 17.8. The molecule has 18 heteroatoms. The number of thiazole rings is 1. The van der Waals surface area contributed by atoms with E-state index in [9.17, 15) is 19.8 Å². The maximum atomic E-state index is 14.2. The highest BCUT2D eigenvalue weighted by atomic mass is 32.1. The van der Waals surface area contributed by atoms with Crippen molar-refractivity contribution in [3.05, 3.63) is 102 Å². The molecule has 3 aliphatic heterocycles. The number of amides is 2. The van der Waals surface area contributed by atoms with Crippen LogP contribution in [0.3, 0.4) is 0 Å². The highest BCUT2D eigenvalue weighted by molar-refractivity contribution is 7.13. The first kappa shape index (κ1) is 47.4. The fourth-order valence-electron chi connectivity index (χ4n) is 10.5. The lowest BCUT2D eigenvalue weighted by Crippen LogP contribution is -2.54. The first-order valence-corrected chi connectivity index (χ1v) is 25.2. The molecule has 4 fully saturated rings. The molecule has 71 heavy (non-hydrogen) atoms. The van der Waals surface area contributed by atoms with Crippen molar-refractivity contribution in [2.45, 2.75) is 102 Å². The van der Waals surface area contributed by atoms with Crippen molar-refractivity contribution in [1.82, 2.24) is 35.5 Å². The van der Waals surface area contributed by atoms with E-state index in [1.807, 2.05) is 94.0 Å². The average molecular weight is 979 g/mol. The van der Waals surface area contributed by atoms with E-state index >= 15 is 0 Å². The third-order valence-corrected chi connectivity index (χ3v) is 15.2. The summed E-state index contributed by atoms with van der Waals surface area (Å²) in [5, 5.41) is 36.8. The third kappa shape index (κ3) is 10.1. The maximum Gasteiger partial charge on any atom is 0.255 e. The van der Waals surface area contributed by atoms with Gasteiger partial charge in [0.1, 0.15) is 23.8 Å². The van der Waals surface area contributed by atoms with Gasteiger partial charge in [0.05, 0.1) is 39.6 Å². The number of β-amino-alcohol motifs (C(OH)–C–C–N with tert-alkyl or cyclic N) is 1. The second-order valence-electron chi connectivity index (χ2n) is 19.4. The average Bonchev–Trinajstić information content (AvgIpc) is 4.15. The highest BCUT2D eigenvalue weighted by Gasteiger charge is 2.44. The minimum atomic E-state index is -0.846. The molecular weight excluding hydrogens is 921 g/mol. The van der Waals surface area contributed by atoms with Gasteiger partial charge in [-0.1, -0.05) is 62.1 Å². The number of anilines is 3. The quantitative estimate of drug-likeness (QED) is 0.0815. The Morgan fingerprint density at radius 1 is 0.958 bits per heavy atom. The number of fused-ring (bicyclic) bond motifs is 2. The normalized spacial score (nSPS) is 22.4. The number of aliphatic hydroxyl groups excluding tert-OH is 1. The van der Waals surface area contributed by atoms with E-state index in [2.05, 4.69) is 52.3 Å². The number of hydrogen-bond donors (Lipinski definition) is 4. The van der Waals surface area contributed by atoms with Gasteiger partial charge in [-0.25, -0.2) is 9.97 Å². The first-order chi connectivity index (χ1) is 34.4. The number of carbonyl (C=O) groups is 2. The summed E-state index contributed by atoms with van der Waals surface area (Å²) in [7, 11) is 0. The molecular formula is C53H58N10O7S. The molecule has 4 aromatic heterocycles. The largest absolute Gasteiger partial charge is 0.507 e. The predicted octanol–water partition coefficient (Wildman–Crippen LogP) is 6.92. The number of pyridine rings is 1. The van der Waals surface area contributed by atoms with Crippen LogP contribution in [0, 0.1) is 30.6 Å². The Morgan fingerprint density at radius 2 is 1.73 bits per heavy atom. The van der Waals surface area contributed by atoms with Gasteiger partial charge >= 0.3 is 0 Å². The molecule has 0 radical (unpaired) electrons. The van der Waals surface area contributed by atoms with Crippen molar-refractivity contribution in [2.24, 2.45) is 11.8 Å². The number of hydrogen-bond acceptors (Lipinski definition) is 16. The lowest BCUT2D eigenvalue weighted by molar-refractivity contribution is -0.141. The monoisotopic (exact) mass is 978 g/mol. The summed E-state index contributed by atoms with van der Waals surface area (Å²) in [6, 6.07) is 22.1. The number of aromatic nitrogens is 5. The molecule has 2 amide bonds. The van der Waals surface area contributed by atoms with E-state index in [1.54, 1.807) is 29.5 Å². The lowest BCUT2D eigenvalue weighted by atomic mass is 9.83. The molecule has 17 nitrogen and oxygen atoms in total. The Kier molecular flexibility index (Phi) is 13.5. The van der Waals surface area contributed by atoms with Gasteiger partial charge in [-0.05, 0) is 86.0 Å². The number of benzene rings is 2. The van der Waals surface area contributed by atoms with Gasteiger partial charge in [-0.15, -0.1) is 21.5 Å². The zero-order chi connectivity index (χ0) is 49.3. The van der Waals surface area contributed by atoms with E-state index in [4.69, 9.17) is 19.7 Å². The number of nitrogens with two attached hydrogens (primary N) is 1. The van der Waals surface area contributed by atoms with Gasteiger partial charge in [0.25, 0.3) is 5.88 Å². The van der Waals surface area contributed by atoms with E-state index in [0.717, 1.165) is 71.8 Å². The number of nitrogens with zero attached hydrogens (tertiary/aromatic N) is 8. The van der Waals surface area contributed by atoms with Gasteiger partial charge in [-0.3, -0.25) is 9.59 Å². The summed E-state index contributed by atoms with van der Waals surface area (Å²) in [6.45, 7) is 9.35. The van der Waals surface area contributed by atoms with Crippen LogP contribution >= 0.6 is 11.3 Å². The third-order valence-electron chi connectivity index (χ3n) is 14.2. The predicted molar refractivity (Wildman–Crippen MR) is 269 cm³/mol. The molecule has 2 bridgehead atoms. The minimum Gasteiger partial charge on any atom is -0.507 e. The number of aromatic hydroxyl groups is 1. The second kappa shape index (κ2) is 20.2. The molecule has 1 aliphatic carbocycles. The van der Waals surface area contributed by atoms with Crippen LogP contribution in [0.4, 0.5) is 17.2 Å². The number of nitrogens with one attached hydrogen (secondary N) is 1. The molecule has 1 saturated carbocycles. The van der Waals surface area contributed by atoms with Crippen molar-refractivity contribution >= 4 is 40.3 Å². The van der Waals surface area contributed by atoms with Gasteiger partial charge in [-0.2, -0.15) is 0 Å². The number of aryl methyl sites for hydroxylation is 1. The van der Waals surface area contributed by atoms with Crippen LogP contribution < -0.4 is 30.3 Å². The molecule has 1 unspecified atom stereocenters. The summed E-state index contributed by atoms with van der Waals surface area (Å²) in [4.78, 5) is 44.1. The van der Waals surface area contributed by atoms with Crippen LogP contribution in [0.5, 0.6) is 17.5 Å². The zero-order valence-corrected chi connectivity index (χ0v) is 41.0. The number of para-hydroxylation sites is 1. The number of piperazine rings is 1. The fraction of sp³-hybridized carbons (Fsp3) is 0.415. The molecule has 368 valence electrons. The zero-order valence-electron chi connectivity index (χ0n) is 40.1. The molecule has 10 rings (SSSR count). The molecule has 5 N–H and O–H groups in total. The van der Waals surface area contributed by atoms with Crippen molar-refractivity contribution in [1.29, 1.82) is 0 Å². The smallest absolute Gasteiger partial charge is 0.255 e.